The Labute approximate surface area is 145 Å². The van der Waals surface area contributed by atoms with Crippen LogP contribution in [0.4, 0.5) is 0 Å². The summed E-state index contributed by atoms with van der Waals surface area (Å²) >= 11 is 5.88. The standard InChI is InChI=1S/C16H20ClN5O2/c1-2-24-15-10-21(8-11(15)7-18)16(23)14-9-22(20-19-14)13-5-3-12(17)4-6-13/h3-6,9,11,15H,2,7-8,10,18H2,1H3/t11-,15-/m1/s1. The average Bonchev–Trinajstić information content (AvgIpc) is 3.22. The van der Waals surface area contributed by atoms with Crippen molar-refractivity contribution in [2.75, 3.05) is 26.2 Å². The molecule has 3 rings (SSSR count). The molecule has 0 aliphatic carbocycles. The largest absolute Gasteiger partial charge is 0.376 e. The van der Waals surface area contributed by atoms with Gasteiger partial charge in [-0.05, 0) is 37.7 Å². The summed E-state index contributed by atoms with van der Waals surface area (Å²) in [6.07, 6.45) is 1.60. The van der Waals surface area contributed by atoms with Gasteiger partial charge in [-0.2, -0.15) is 0 Å². The van der Waals surface area contributed by atoms with E-state index >= 15 is 0 Å². The van der Waals surface area contributed by atoms with Crippen molar-refractivity contribution in [3.63, 3.8) is 0 Å². The summed E-state index contributed by atoms with van der Waals surface area (Å²) in [6.45, 7) is 4.15. The number of aromatic nitrogens is 3. The van der Waals surface area contributed by atoms with Crippen LogP contribution in [0.2, 0.25) is 5.02 Å². The van der Waals surface area contributed by atoms with Gasteiger partial charge in [0.25, 0.3) is 5.91 Å². The first-order valence-electron chi connectivity index (χ1n) is 7.91. The van der Waals surface area contributed by atoms with Gasteiger partial charge in [0.05, 0.1) is 18.0 Å². The van der Waals surface area contributed by atoms with Crippen LogP contribution in [0.5, 0.6) is 0 Å². The number of carbonyl (C=O) groups is 1. The molecule has 128 valence electrons. The number of nitrogens with two attached hydrogens (primary N) is 1. The second-order valence-corrected chi connectivity index (χ2v) is 6.16. The monoisotopic (exact) mass is 349 g/mol. The molecule has 1 aliphatic rings. The smallest absolute Gasteiger partial charge is 0.276 e. The third-order valence-electron chi connectivity index (χ3n) is 4.16. The van der Waals surface area contributed by atoms with Crippen LogP contribution in [0.1, 0.15) is 17.4 Å². The van der Waals surface area contributed by atoms with Crippen LogP contribution in [0.3, 0.4) is 0 Å². The van der Waals surface area contributed by atoms with Gasteiger partial charge in [0.1, 0.15) is 0 Å². The summed E-state index contributed by atoms with van der Waals surface area (Å²) in [4.78, 5) is 14.4. The van der Waals surface area contributed by atoms with E-state index in [0.29, 0.717) is 37.0 Å². The zero-order valence-corrected chi connectivity index (χ0v) is 14.2. The highest BCUT2D eigenvalue weighted by Crippen LogP contribution is 2.21. The van der Waals surface area contributed by atoms with E-state index in [2.05, 4.69) is 10.3 Å². The molecular weight excluding hydrogens is 330 g/mol. The minimum Gasteiger partial charge on any atom is -0.376 e. The molecule has 0 unspecified atom stereocenters. The fourth-order valence-electron chi connectivity index (χ4n) is 2.88. The van der Waals surface area contributed by atoms with Crippen LogP contribution in [0.25, 0.3) is 5.69 Å². The van der Waals surface area contributed by atoms with Crippen LogP contribution in [-0.4, -0.2) is 58.1 Å². The number of rotatable bonds is 5. The van der Waals surface area contributed by atoms with Crippen molar-refractivity contribution < 1.29 is 9.53 Å². The number of halogens is 1. The quantitative estimate of drug-likeness (QED) is 0.880. The first-order chi connectivity index (χ1) is 11.6. The predicted octanol–water partition coefficient (Wildman–Crippen LogP) is 1.36. The average molecular weight is 350 g/mol. The fraction of sp³-hybridized carbons (Fsp3) is 0.438. The Balaban J connectivity index is 1.73. The number of hydrogen-bond donors (Lipinski definition) is 1. The second-order valence-electron chi connectivity index (χ2n) is 5.72. The SMILES string of the molecule is CCO[C@@H]1CN(C(=O)c2cn(-c3ccc(Cl)cc3)nn2)C[C@H]1CN. The lowest BCUT2D eigenvalue weighted by Gasteiger charge is -2.15. The molecule has 7 nitrogen and oxygen atoms in total. The van der Waals surface area contributed by atoms with Crippen LogP contribution < -0.4 is 5.73 Å². The van der Waals surface area contributed by atoms with Gasteiger partial charge >= 0.3 is 0 Å². The number of carbonyl (C=O) groups excluding carboxylic acids is 1. The Kier molecular flexibility index (Phi) is 5.13. The summed E-state index contributed by atoms with van der Waals surface area (Å²) in [5.74, 6) is -0.00363. The van der Waals surface area contributed by atoms with E-state index in [1.165, 1.54) is 0 Å². The summed E-state index contributed by atoms with van der Waals surface area (Å²) in [6, 6.07) is 7.16. The molecule has 1 aliphatic heterocycles. The molecule has 2 aromatic rings. The van der Waals surface area contributed by atoms with E-state index in [-0.39, 0.29) is 17.9 Å². The zero-order valence-electron chi connectivity index (χ0n) is 13.4. The molecule has 0 bridgehead atoms. The molecule has 1 fully saturated rings. The lowest BCUT2D eigenvalue weighted by atomic mass is 10.1. The van der Waals surface area contributed by atoms with Crippen molar-refractivity contribution >= 4 is 17.5 Å². The number of nitrogens with zero attached hydrogens (tertiary/aromatic N) is 4. The molecule has 1 aromatic carbocycles. The van der Waals surface area contributed by atoms with Crippen molar-refractivity contribution in [3.05, 3.63) is 41.2 Å². The highest BCUT2D eigenvalue weighted by molar-refractivity contribution is 6.30. The molecule has 24 heavy (non-hydrogen) atoms. The molecule has 2 N–H and O–H groups in total. The van der Waals surface area contributed by atoms with E-state index in [9.17, 15) is 4.79 Å². The normalized spacial score (nSPS) is 20.5. The minimum absolute atomic E-state index is 0.0183. The molecule has 1 saturated heterocycles. The van der Waals surface area contributed by atoms with Crippen LogP contribution >= 0.6 is 11.6 Å². The first-order valence-corrected chi connectivity index (χ1v) is 8.29. The van der Waals surface area contributed by atoms with Gasteiger partial charge in [0.15, 0.2) is 5.69 Å². The maximum atomic E-state index is 12.6. The van der Waals surface area contributed by atoms with Gasteiger partial charge in [-0.1, -0.05) is 16.8 Å². The fourth-order valence-corrected chi connectivity index (χ4v) is 3.01. The number of benzene rings is 1. The molecule has 1 amide bonds. The molecule has 8 heteroatoms. The summed E-state index contributed by atoms with van der Waals surface area (Å²) in [5.41, 5.74) is 6.88. The summed E-state index contributed by atoms with van der Waals surface area (Å²) in [7, 11) is 0. The molecule has 0 radical (unpaired) electrons. The van der Waals surface area contributed by atoms with E-state index in [1.807, 2.05) is 19.1 Å². The van der Waals surface area contributed by atoms with Crippen LogP contribution in [-0.2, 0) is 4.74 Å². The highest BCUT2D eigenvalue weighted by Gasteiger charge is 2.36. The zero-order chi connectivity index (χ0) is 17.1. The van der Waals surface area contributed by atoms with Crippen molar-refractivity contribution in [2.24, 2.45) is 11.7 Å². The number of likely N-dealkylation sites (tertiary alicyclic amines) is 1. The third-order valence-corrected chi connectivity index (χ3v) is 4.41. The van der Waals surface area contributed by atoms with Crippen molar-refractivity contribution in [1.29, 1.82) is 0 Å². The van der Waals surface area contributed by atoms with Crippen molar-refractivity contribution in [1.82, 2.24) is 19.9 Å². The molecular formula is C16H20ClN5O2. The third kappa shape index (κ3) is 3.43. The Morgan fingerprint density at radius 1 is 1.38 bits per heavy atom. The molecule has 2 atom stereocenters. The van der Waals surface area contributed by atoms with Crippen molar-refractivity contribution in [3.8, 4) is 5.69 Å². The van der Waals surface area contributed by atoms with Crippen molar-refractivity contribution in [2.45, 2.75) is 13.0 Å². The number of ether oxygens (including phenoxy) is 1. The summed E-state index contributed by atoms with van der Waals surface area (Å²) in [5, 5.41) is 8.66. The van der Waals surface area contributed by atoms with Crippen LogP contribution in [0, 0.1) is 5.92 Å². The highest BCUT2D eigenvalue weighted by atomic mass is 35.5. The Morgan fingerprint density at radius 2 is 2.12 bits per heavy atom. The van der Waals surface area contributed by atoms with E-state index in [1.54, 1.807) is 27.9 Å². The first kappa shape index (κ1) is 16.9. The predicted molar refractivity (Wildman–Crippen MR) is 90.2 cm³/mol. The van der Waals surface area contributed by atoms with Gasteiger partial charge in [-0.15, -0.1) is 5.10 Å². The van der Waals surface area contributed by atoms with Crippen LogP contribution in [0.15, 0.2) is 30.5 Å². The molecule has 0 saturated carbocycles. The molecule has 0 spiro atoms. The van der Waals surface area contributed by atoms with E-state index < -0.39 is 0 Å². The number of amides is 1. The maximum Gasteiger partial charge on any atom is 0.276 e. The van der Waals surface area contributed by atoms with Gasteiger partial charge < -0.3 is 15.4 Å². The molecule has 2 heterocycles. The van der Waals surface area contributed by atoms with Gasteiger partial charge in [-0.25, -0.2) is 4.68 Å². The summed E-state index contributed by atoms with van der Waals surface area (Å²) < 4.78 is 7.24. The lowest BCUT2D eigenvalue weighted by molar-refractivity contribution is 0.0431. The van der Waals surface area contributed by atoms with Gasteiger partial charge in [-0.3, -0.25) is 4.79 Å². The van der Waals surface area contributed by atoms with E-state index in [4.69, 9.17) is 22.1 Å². The second kappa shape index (κ2) is 7.29. The maximum absolute atomic E-state index is 12.6. The number of hydrogen-bond acceptors (Lipinski definition) is 5. The van der Waals surface area contributed by atoms with E-state index in [0.717, 1.165) is 5.69 Å². The Morgan fingerprint density at radius 3 is 2.79 bits per heavy atom. The van der Waals surface area contributed by atoms with Gasteiger partial charge in [0, 0.05) is 30.6 Å². The topological polar surface area (TPSA) is 86.3 Å². The Hall–Kier alpha value is -1.96. The van der Waals surface area contributed by atoms with Gasteiger partial charge in [0.2, 0.25) is 0 Å². The molecule has 1 aromatic heterocycles. The minimum atomic E-state index is -0.157. The lowest BCUT2D eigenvalue weighted by Crippen LogP contribution is -2.30. The Bertz CT molecular complexity index is 703.